The van der Waals surface area contributed by atoms with Crippen molar-refractivity contribution in [3.63, 3.8) is 0 Å². The van der Waals surface area contributed by atoms with Crippen molar-refractivity contribution in [2.45, 2.75) is 58.0 Å². The minimum atomic E-state index is -0.210. The number of hydrogen-bond donors (Lipinski definition) is 1. The minimum Gasteiger partial charge on any atom is -0.392 e. The molecule has 0 spiro atoms. The third kappa shape index (κ3) is 5.35. The number of allylic oxidation sites excluding steroid dienone is 3. The molecule has 1 fully saturated rings. The van der Waals surface area contributed by atoms with Crippen molar-refractivity contribution in [1.82, 2.24) is 4.90 Å². The molecule has 3 heteroatoms. The van der Waals surface area contributed by atoms with Gasteiger partial charge in [0.1, 0.15) is 0 Å². The van der Waals surface area contributed by atoms with Crippen molar-refractivity contribution >= 4 is 5.91 Å². The van der Waals surface area contributed by atoms with E-state index in [1.165, 1.54) is 16.7 Å². The molecule has 28 heavy (non-hydrogen) atoms. The summed E-state index contributed by atoms with van der Waals surface area (Å²) < 4.78 is 0. The first-order valence-corrected chi connectivity index (χ1v) is 10.7. The normalized spacial score (nSPS) is 26.5. The standard InChI is InChI=1S/C25H35NO2/c1-18-8-6-10-19(14-18)9-4-5-12-22-23-16-20(15-21(23)17-24(22)27)11-7-13-25(28)26(2)3/h5-6,8,10,12,14-15,21-24,27H,4,7,9,11,13,16-17H2,1-3H3/b12-5+/t21-,22+,23-,24+/m0/s1. The minimum absolute atomic E-state index is 0.210. The van der Waals surface area contributed by atoms with Crippen molar-refractivity contribution in [3.8, 4) is 0 Å². The van der Waals surface area contributed by atoms with Crippen LogP contribution >= 0.6 is 0 Å². The molecule has 1 amide bonds. The van der Waals surface area contributed by atoms with Crippen LogP contribution in [0.5, 0.6) is 0 Å². The Morgan fingerprint density at radius 1 is 1.29 bits per heavy atom. The number of amides is 1. The molecule has 4 atom stereocenters. The summed E-state index contributed by atoms with van der Waals surface area (Å²) in [5, 5.41) is 10.5. The monoisotopic (exact) mass is 381 g/mol. The van der Waals surface area contributed by atoms with E-state index in [2.05, 4.69) is 49.4 Å². The fourth-order valence-electron chi connectivity index (χ4n) is 4.85. The van der Waals surface area contributed by atoms with Crippen LogP contribution in [0.25, 0.3) is 0 Å². The molecule has 1 saturated carbocycles. The first-order valence-electron chi connectivity index (χ1n) is 10.7. The Kier molecular flexibility index (Phi) is 7.12. The third-order valence-corrected chi connectivity index (χ3v) is 6.38. The molecule has 0 unspecified atom stereocenters. The van der Waals surface area contributed by atoms with E-state index in [1.54, 1.807) is 4.90 Å². The van der Waals surface area contributed by atoms with Gasteiger partial charge < -0.3 is 10.0 Å². The number of benzene rings is 1. The highest BCUT2D eigenvalue weighted by molar-refractivity contribution is 5.75. The van der Waals surface area contributed by atoms with E-state index in [0.717, 1.165) is 38.5 Å². The van der Waals surface area contributed by atoms with Crippen LogP contribution in [0.1, 0.15) is 49.7 Å². The molecule has 3 rings (SSSR count). The summed E-state index contributed by atoms with van der Waals surface area (Å²) >= 11 is 0. The van der Waals surface area contributed by atoms with Gasteiger partial charge in [0.25, 0.3) is 0 Å². The first-order chi connectivity index (χ1) is 13.4. The van der Waals surface area contributed by atoms with E-state index in [0.29, 0.717) is 18.3 Å². The summed E-state index contributed by atoms with van der Waals surface area (Å²) in [5.74, 6) is 1.55. The summed E-state index contributed by atoms with van der Waals surface area (Å²) in [6.45, 7) is 2.13. The summed E-state index contributed by atoms with van der Waals surface area (Å²) in [6, 6.07) is 8.70. The maximum Gasteiger partial charge on any atom is 0.222 e. The smallest absolute Gasteiger partial charge is 0.222 e. The molecule has 1 N–H and O–H groups in total. The molecule has 152 valence electrons. The lowest BCUT2D eigenvalue weighted by molar-refractivity contribution is -0.128. The molecule has 2 aliphatic carbocycles. The highest BCUT2D eigenvalue weighted by Gasteiger charge is 2.43. The van der Waals surface area contributed by atoms with Gasteiger partial charge >= 0.3 is 0 Å². The molecular formula is C25H35NO2. The zero-order valence-electron chi connectivity index (χ0n) is 17.6. The van der Waals surface area contributed by atoms with E-state index < -0.39 is 0 Å². The Balaban J connectivity index is 1.46. The fraction of sp³-hybridized carbons (Fsp3) is 0.560. The van der Waals surface area contributed by atoms with Gasteiger partial charge in [0, 0.05) is 26.4 Å². The average Bonchev–Trinajstić information content (AvgIpc) is 3.15. The van der Waals surface area contributed by atoms with Crippen molar-refractivity contribution in [2.24, 2.45) is 17.8 Å². The predicted molar refractivity (Wildman–Crippen MR) is 115 cm³/mol. The van der Waals surface area contributed by atoms with E-state index in [4.69, 9.17) is 0 Å². The van der Waals surface area contributed by atoms with Gasteiger partial charge in [-0.2, -0.15) is 0 Å². The largest absolute Gasteiger partial charge is 0.392 e. The Morgan fingerprint density at radius 2 is 2.11 bits per heavy atom. The Labute approximate surface area is 170 Å². The summed E-state index contributed by atoms with van der Waals surface area (Å²) in [5.41, 5.74) is 4.19. The van der Waals surface area contributed by atoms with E-state index >= 15 is 0 Å². The number of nitrogens with zero attached hydrogens (tertiary/aromatic N) is 1. The Bertz CT molecular complexity index is 734. The van der Waals surface area contributed by atoms with Crippen LogP contribution in [0, 0.1) is 24.7 Å². The number of fused-ring (bicyclic) bond motifs is 1. The van der Waals surface area contributed by atoms with Gasteiger partial charge in [0.15, 0.2) is 0 Å². The molecule has 0 aromatic heterocycles. The van der Waals surface area contributed by atoms with Crippen LogP contribution in [-0.2, 0) is 11.2 Å². The van der Waals surface area contributed by atoms with E-state index in [9.17, 15) is 9.90 Å². The second kappa shape index (κ2) is 9.56. The molecule has 0 saturated heterocycles. The number of carbonyl (C=O) groups excluding carboxylic acids is 1. The molecule has 1 aromatic rings. The van der Waals surface area contributed by atoms with E-state index in [-0.39, 0.29) is 17.9 Å². The van der Waals surface area contributed by atoms with Crippen LogP contribution in [0.15, 0.2) is 48.1 Å². The van der Waals surface area contributed by atoms with Crippen LogP contribution in [0.4, 0.5) is 0 Å². The van der Waals surface area contributed by atoms with Crippen LogP contribution in [0.3, 0.4) is 0 Å². The lowest BCUT2D eigenvalue weighted by Crippen LogP contribution is -2.21. The maximum absolute atomic E-state index is 11.7. The SMILES string of the molecule is Cc1cccc(CC/C=C/[C@@H]2[C@H]3CC(CCCC(=O)N(C)C)=C[C@H]3C[C@H]2O)c1. The first kappa shape index (κ1) is 20.9. The highest BCUT2D eigenvalue weighted by Crippen LogP contribution is 2.48. The van der Waals surface area contributed by atoms with Crippen LogP contribution < -0.4 is 0 Å². The molecular weight excluding hydrogens is 346 g/mol. The van der Waals surface area contributed by atoms with Gasteiger partial charge in [-0.05, 0) is 62.8 Å². The third-order valence-electron chi connectivity index (χ3n) is 6.38. The van der Waals surface area contributed by atoms with Crippen molar-refractivity contribution in [3.05, 3.63) is 59.2 Å². The molecule has 2 aliphatic rings. The second-order valence-electron chi connectivity index (χ2n) is 8.83. The van der Waals surface area contributed by atoms with Gasteiger partial charge in [0.2, 0.25) is 5.91 Å². The highest BCUT2D eigenvalue weighted by atomic mass is 16.3. The van der Waals surface area contributed by atoms with Crippen LogP contribution in [-0.4, -0.2) is 36.1 Å². The number of aliphatic hydroxyl groups is 1. The molecule has 0 heterocycles. The molecule has 0 aliphatic heterocycles. The zero-order chi connectivity index (χ0) is 20.1. The van der Waals surface area contributed by atoms with Gasteiger partial charge in [-0.1, -0.05) is 53.6 Å². The fourth-order valence-corrected chi connectivity index (χ4v) is 4.85. The molecule has 3 nitrogen and oxygen atoms in total. The summed E-state index contributed by atoms with van der Waals surface area (Å²) in [7, 11) is 3.64. The van der Waals surface area contributed by atoms with Crippen LogP contribution in [0.2, 0.25) is 0 Å². The lowest BCUT2D eigenvalue weighted by Gasteiger charge is -2.18. The van der Waals surface area contributed by atoms with Gasteiger partial charge in [-0.15, -0.1) is 0 Å². The number of aliphatic hydroxyl groups excluding tert-OH is 1. The van der Waals surface area contributed by atoms with Crippen molar-refractivity contribution < 1.29 is 9.90 Å². The number of rotatable bonds is 8. The summed E-state index contributed by atoms with van der Waals surface area (Å²) in [4.78, 5) is 13.4. The zero-order valence-corrected chi connectivity index (χ0v) is 17.6. The molecule has 0 bridgehead atoms. The predicted octanol–water partition coefficient (Wildman–Crippen LogP) is 4.69. The average molecular weight is 382 g/mol. The van der Waals surface area contributed by atoms with Crippen molar-refractivity contribution in [2.75, 3.05) is 14.1 Å². The van der Waals surface area contributed by atoms with Gasteiger partial charge in [-0.25, -0.2) is 0 Å². The number of hydrogen-bond acceptors (Lipinski definition) is 2. The van der Waals surface area contributed by atoms with Gasteiger partial charge in [0.05, 0.1) is 6.10 Å². The number of aryl methyl sites for hydroxylation is 2. The molecule has 1 aromatic carbocycles. The summed E-state index contributed by atoms with van der Waals surface area (Å²) in [6.07, 6.45) is 13.4. The van der Waals surface area contributed by atoms with Gasteiger partial charge in [-0.3, -0.25) is 4.79 Å². The topological polar surface area (TPSA) is 40.5 Å². The lowest BCUT2D eigenvalue weighted by atomic mass is 9.88. The quantitative estimate of drug-likeness (QED) is 0.664. The van der Waals surface area contributed by atoms with E-state index in [1.807, 2.05) is 14.1 Å². The second-order valence-corrected chi connectivity index (χ2v) is 8.83. The maximum atomic E-state index is 11.7. The Morgan fingerprint density at radius 3 is 2.86 bits per heavy atom. The number of carbonyl (C=O) groups is 1. The van der Waals surface area contributed by atoms with Crippen molar-refractivity contribution in [1.29, 1.82) is 0 Å². The Hall–Kier alpha value is -1.87. The molecule has 0 radical (unpaired) electrons.